The number of alkyl halides is 1. The van der Waals surface area contributed by atoms with Crippen molar-refractivity contribution in [3.05, 3.63) is 0 Å². The fourth-order valence-electron chi connectivity index (χ4n) is 0.272. The molecule has 0 radical (unpaired) electrons. The SMILES string of the molecule is CCC(=O)C(=O)CBr. The third kappa shape index (κ3) is 2.21. The Hall–Kier alpha value is -0.180. The van der Waals surface area contributed by atoms with Gasteiger partial charge in [0.2, 0.25) is 5.78 Å². The van der Waals surface area contributed by atoms with Crippen LogP contribution in [0.15, 0.2) is 0 Å². The van der Waals surface area contributed by atoms with E-state index in [1.54, 1.807) is 6.92 Å². The standard InChI is InChI=1S/C5H7BrO2/c1-2-4(7)5(8)3-6/h2-3H2,1H3. The molecule has 0 fully saturated rings. The normalized spacial score (nSPS) is 8.75. The molecule has 3 heteroatoms. The van der Waals surface area contributed by atoms with Gasteiger partial charge in [0.25, 0.3) is 0 Å². The molecule has 0 amide bonds. The first kappa shape index (κ1) is 7.82. The monoisotopic (exact) mass is 178 g/mol. The zero-order chi connectivity index (χ0) is 6.57. The Morgan fingerprint density at radius 1 is 1.38 bits per heavy atom. The van der Waals surface area contributed by atoms with Gasteiger partial charge >= 0.3 is 0 Å². The van der Waals surface area contributed by atoms with Crippen molar-refractivity contribution in [2.75, 3.05) is 5.33 Å². The van der Waals surface area contributed by atoms with Crippen LogP contribution in [0, 0.1) is 0 Å². The van der Waals surface area contributed by atoms with E-state index in [-0.39, 0.29) is 16.9 Å². The molecule has 46 valence electrons. The first-order valence-corrected chi connectivity index (χ1v) is 3.46. The van der Waals surface area contributed by atoms with Gasteiger partial charge in [0, 0.05) is 6.42 Å². The van der Waals surface area contributed by atoms with Crippen LogP contribution in [0.25, 0.3) is 0 Å². The van der Waals surface area contributed by atoms with Crippen molar-refractivity contribution >= 4 is 27.5 Å². The predicted octanol–water partition coefficient (Wildman–Crippen LogP) is 0.929. The first-order chi connectivity index (χ1) is 3.72. The molecule has 0 saturated carbocycles. The van der Waals surface area contributed by atoms with Crippen LogP contribution in [0.1, 0.15) is 13.3 Å². The van der Waals surface area contributed by atoms with Gasteiger partial charge in [0.15, 0.2) is 5.78 Å². The van der Waals surface area contributed by atoms with Crippen molar-refractivity contribution in [3.63, 3.8) is 0 Å². The fourth-order valence-corrected chi connectivity index (χ4v) is 0.584. The molecule has 0 rings (SSSR count). The van der Waals surface area contributed by atoms with E-state index in [2.05, 4.69) is 15.9 Å². The molecule has 0 heterocycles. The number of halogens is 1. The van der Waals surface area contributed by atoms with Crippen LogP contribution in [0.2, 0.25) is 0 Å². The molecule has 0 aromatic carbocycles. The minimum atomic E-state index is -0.340. The van der Waals surface area contributed by atoms with Crippen molar-refractivity contribution in [2.45, 2.75) is 13.3 Å². The van der Waals surface area contributed by atoms with Gasteiger partial charge in [-0.15, -0.1) is 0 Å². The van der Waals surface area contributed by atoms with Crippen LogP contribution < -0.4 is 0 Å². The van der Waals surface area contributed by atoms with Gasteiger partial charge in [-0.25, -0.2) is 0 Å². The maximum absolute atomic E-state index is 10.4. The van der Waals surface area contributed by atoms with E-state index in [1.165, 1.54) is 0 Å². The Morgan fingerprint density at radius 2 is 1.88 bits per heavy atom. The Labute approximate surface area is 56.4 Å². The summed E-state index contributed by atoms with van der Waals surface area (Å²) >= 11 is 2.89. The smallest absolute Gasteiger partial charge is 0.208 e. The highest BCUT2D eigenvalue weighted by atomic mass is 79.9. The van der Waals surface area contributed by atoms with Gasteiger partial charge in [-0.1, -0.05) is 22.9 Å². The molecule has 0 spiro atoms. The second kappa shape index (κ2) is 3.78. The molecular formula is C5H7BrO2. The van der Waals surface area contributed by atoms with E-state index >= 15 is 0 Å². The Morgan fingerprint density at radius 3 is 2.00 bits per heavy atom. The summed E-state index contributed by atoms with van der Waals surface area (Å²) < 4.78 is 0. The highest BCUT2D eigenvalue weighted by Gasteiger charge is 2.06. The molecule has 2 nitrogen and oxygen atoms in total. The largest absolute Gasteiger partial charge is 0.291 e. The summed E-state index contributed by atoms with van der Waals surface area (Å²) in [5.74, 6) is -0.644. The van der Waals surface area contributed by atoms with Crippen LogP contribution in [-0.4, -0.2) is 16.9 Å². The van der Waals surface area contributed by atoms with Gasteiger partial charge < -0.3 is 0 Å². The molecular weight excluding hydrogens is 172 g/mol. The maximum atomic E-state index is 10.4. The lowest BCUT2D eigenvalue weighted by atomic mass is 10.2. The van der Waals surface area contributed by atoms with E-state index < -0.39 is 0 Å². The quantitative estimate of drug-likeness (QED) is 0.477. The number of carbonyl (C=O) groups excluding carboxylic acids is 2. The van der Waals surface area contributed by atoms with Crippen molar-refractivity contribution in [1.29, 1.82) is 0 Å². The van der Waals surface area contributed by atoms with Crippen molar-refractivity contribution in [2.24, 2.45) is 0 Å². The van der Waals surface area contributed by atoms with Crippen molar-refractivity contribution in [3.8, 4) is 0 Å². The Balaban J connectivity index is 3.64. The summed E-state index contributed by atoms with van der Waals surface area (Å²) in [5, 5.41) is 0.152. The number of rotatable bonds is 3. The van der Waals surface area contributed by atoms with Crippen molar-refractivity contribution in [1.82, 2.24) is 0 Å². The number of ketones is 2. The lowest BCUT2D eigenvalue weighted by molar-refractivity contribution is -0.134. The first-order valence-electron chi connectivity index (χ1n) is 2.34. The van der Waals surface area contributed by atoms with Gasteiger partial charge in [0.05, 0.1) is 5.33 Å². The topological polar surface area (TPSA) is 34.1 Å². The molecule has 0 aromatic heterocycles. The number of hydrogen-bond donors (Lipinski definition) is 0. The lowest BCUT2D eigenvalue weighted by Crippen LogP contribution is -2.12. The molecule has 8 heavy (non-hydrogen) atoms. The molecule has 0 aromatic rings. The van der Waals surface area contributed by atoms with Crippen LogP contribution in [0.3, 0.4) is 0 Å². The maximum Gasteiger partial charge on any atom is 0.208 e. The van der Waals surface area contributed by atoms with E-state index in [1.807, 2.05) is 0 Å². The van der Waals surface area contributed by atoms with Crippen LogP contribution >= 0.6 is 15.9 Å². The van der Waals surface area contributed by atoms with Gasteiger partial charge in [-0.05, 0) is 0 Å². The second-order valence-corrected chi connectivity index (χ2v) is 1.89. The number of hydrogen-bond acceptors (Lipinski definition) is 2. The summed E-state index contributed by atoms with van der Waals surface area (Å²) in [6.45, 7) is 1.67. The Bertz CT molecular complexity index is 95.0. The minimum Gasteiger partial charge on any atom is -0.291 e. The van der Waals surface area contributed by atoms with Crippen LogP contribution in [0.5, 0.6) is 0 Å². The highest BCUT2D eigenvalue weighted by molar-refractivity contribution is 9.09. The summed E-state index contributed by atoms with van der Waals surface area (Å²) in [6, 6.07) is 0. The molecule has 0 saturated heterocycles. The van der Waals surface area contributed by atoms with Gasteiger partial charge in [-0.2, -0.15) is 0 Å². The minimum absolute atomic E-state index is 0.152. The lowest BCUT2D eigenvalue weighted by Gasteiger charge is -1.86. The van der Waals surface area contributed by atoms with E-state index in [9.17, 15) is 9.59 Å². The van der Waals surface area contributed by atoms with E-state index in [0.29, 0.717) is 6.42 Å². The third-order valence-corrected chi connectivity index (χ3v) is 1.26. The predicted molar refractivity (Wildman–Crippen MR) is 34.1 cm³/mol. The highest BCUT2D eigenvalue weighted by Crippen LogP contribution is 1.87. The zero-order valence-electron chi connectivity index (χ0n) is 4.61. The third-order valence-electron chi connectivity index (χ3n) is 0.753. The molecule has 0 aliphatic heterocycles. The number of Topliss-reactive ketones (excluding diaryl/α,β-unsaturated/α-hetero) is 2. The molecule has 0 atom stereocenters. The molecule has 0 unspecified atom stereocenters. The average Bonchev–Trinajstić information content (AvgIpc) is 1.84. The molecule has 0 aliphatic rings. The van der Waals surface area contributed by atoms with Crippen LogP contribution in [0.4, 0.5) is 0 Å². The zero-order valence-corrected chi connectivity index (χ0v) is 6.19. The number of carbonyl (C=O) groups is 2. The van der Waals surface area contributed by atoms with E-state index in [4.69, 9.17) is 0 Å². The van der Waals surface area contributed by atoms with Crippen molar-refractivity contribution < 1.29 is 9.59 Å². The molecule has 0 aliphatic carbocycles. The fraction of sp³-hybridized carbons (Fsp3) is 0.600. The second-order valence-electron chi connectivity index (χ2n) is 1.33. The summed E-state index contributed by atoms with van der Waals surface area (Å²) in [6.07, 6.45) is 0.310. The van der Waals surface area contributed by atoms with Gasteiger partial charge in [0.1, 0.15) is 0 Å². The summed E-state index contributed by atoms with van der Waals surface area (Å²) in [4.78, 5) is 20.7. The molecule has 0 N–H and O–H groups in total. The molecule has 0 bridgehead atoms. The van der Waals surface area contributed by atoms with E-state index in [0.717, 1.165) is 0 Å². The average molecular weight is 179 g/mol. The summed E-state index contributed by atoms with van der Waals surface area (Å²) in [7, 11) is 0. The van der Waals surface area contributed by atoms with Crippen LogP contribution in [-0.2, 0) is 9.59 Å². The van der Waals surface area contributed by atoms with Gasteiger partial charge in [-0.3, -0.25) is 9.59 Å². The summed E-state index contributed by atoms with van der Waals surface area (Å²) in [5.41, 5.74) is 0. The Kier molecular flexibility index (Phi) is 3.69.